The predicted molar refractivity (Wildman–Crippen MR) is 271 cm³/mol. The number of methoxy groups -OCH3 is 1. The summed E-state index contributed by atoms with van der Waals surface area (Å²) in [7, 11) is -16.8. The van der Waals surface area contributed by atoms with Gasteiger partial charge in [-0.3, -0.25) is 27.8 Å². The van der Waals surface area contributed by atoms with Crippen LogP contribution in [0.15, 0.2) is 70.1 Å². The molecule has 2 amide bonds. The van der Waals surface area contributed by atoms with Gasteiger partial charge in [-0.05, 0) is 81.5 Å². The molecule has 3 aliphatic rings. The second kappa shape index (κ2) is 27.3. The van der Waals surface area contributed by atoms with E-state index in [2.05, 4.69) is 0 Å². The molecule has 2 aromatic rings. The molecule has 3 aliphatic heterocycles. The number of amides is 2. The zero-order valence-electron chi connectivity index (χ0n) is 42.4. The molecule has 5 rings (SSSR count). The van der Waals surface area contributed by atoms with E-state index in [4.69, 9.17) is 33.3 Å². The normalized spacial score (nSPS) is 19.7. The van der Waals surface area contributed by atoms with Crippen LogP contribution in [0.2, 0.25) is 0 Å². The monoisotopic (exact) mass is 1150 g/mol. The summed E-state index contributed by atoms with van der Waals surface area (Å²) < 4.78 is 173. The molecule has 25 nitrogen and oxygen atoms in total. The number of hydrogen-bond donors (Lipinski definition) is 4. The lowest BCUT2D eigenvalue weighted by atomic mass is 9.75. The molecule has 1 fully saturated rings. The Hall–Kier alpha value is -4.60. The Morgan fingerprint density at radius 2 is 1.16 bits per heavy atom. The molecule has 0 aliphatic carbocycles. The van der Waals surface area contributed by atoms with E-state index in [-0.39, 0.29) is 117 Å². The molecule has 29 heteroatoms. The fraction of sp³-hybridized carbons (Fsp3) is 0.574. The van der Waals surface area contributed by atoms with Crippen molar-refractivity contribution in [3.8, 4) is 0 Å². The van der Waals surface area contributed by atoms with Gasteiger partial charge in [0.25, 0.3) is 52.3 Å². The molecular formula is C47H66N3O22S4+. The van der Waals surface area contributed by atoms with Crippen LogP contribution in [-0.2, 0) is 98.9 Å². The lowest BCUT2D eigenvalue weighted by molar-refractivity contribution is -0.442. The predicted octanol–water partition coefficient (Wildman–Crippen LogP) is 2.82. The van der Waals surface area contributed by atoms with Crippen molar-refractivity contribution in [2.45, 2.75) is 79.4 Å². The summed E-state index contributed by atoms with van der Waals surface area (Å²) in [5.41, 5.74) is 0.468. The summed E-state index contributed by atoms with van der Waals surface area (Å²) in [4.78, 5) is 41.1. The van der Waals surface area contributed by atoms with Crippen molar-refractivity contribution in [2.24, 2.45) is 0 Å². The lowest BCUT2D eigenvalue weighted by Gasteiger charge is -2.30. The molecule has 0 bridgehead atoms. The van der Waals surface area contributed by atoms with E-state index in [0.717, 1.165) is 0 Å². The van der Waals surface area contributed by atoms with Crippen LogP contribution in [0.5, 0.6) is 0 Å². The van der Waals surface area contributed by atoms with Crippen LogP contribution in [-0.4, -0.2) is 189 Å². The highest BCUT2D eigenvalue weighted by Crippen LogP contribution is 2.51. The number of ether oxygens (including phenoxy) is 6. The van der Waals surface area contributed by atoms with Crippen LogP contribution in [0.1, 0.15) is 69.9 Å². The van der Waals surface area contributed by atoms with Crippen molar-refractivity contribution in [2.75, 3.05) is 109 Å². The van der Waals surface area contributed by atoms with Gasteiger partial charge >= 0.3 is 5.97 Å². The van der Waals surface area contributed by atoms with E-state index in [1.54, 1.807) is 39.2 Å². The highest BCUT2D eigenvalue weighted by Gasteiger charge is 2.49. The van der Waals surface area contributed by atoms with E-state index in [1.165, 1.54) is 36.4 Å². The summed E-state index contributed by atoms with van der Waals surface area (Å²) >= 11 is 0. The third kappa shape index (κ3) is 17.5. The maximum absolute atomic E-state index is 12.5. The van der Waals surface area contributed by atoms with Gasteiger partial charge in [0, 0.05) is 61.0 Å². The summed E-state index contributed by atoms with van der Waals surface area (Å²) in [6.07, 6.45) is 4.73. The van der Waals surface area contributed by atoms with Crippen molar-refractivity contribution in [1.82, 2.24) is 5.06 Å². The zero-order chi connectivity index (χ0) is 56.0. The molecule has 3 heterocycles. The second-order valence-corrected chi connectivity index (χ2v) is 24.2. The minimum Gasteiger partial charge on any atom is -0.382 e. The first-order chi connectivity index (χ1) is 35.7. The Bertz CT molecular complexity index is 2950. The molecule has 2 aromatic carbocycles. The number of allylic oxidation sites excluding steroid dienone is 4. The molecule has 0 spiro atoms. The fourth-order valence-corrected chi connectivity index (χ4v) is 11.1. The third-order valence-corrected chi connectivity index (χ3v) is 16.1. The number of nitrogens with zero attached hydrogens (tertiary/aromatic N) is 3. The SMILES string of the molecule is COCCOCCOCCN1C(=CC=CC2=[N+](CCOCCOCCOCCC(=O)ON3C(=O)CCC3=O)c3ccc(S(=O)(=O)O)cc3C2(C)CCCS(=O)(=O)O)C(C)(CCCS(=O)(=O)O)c2cc(S(=O)(=O)O)ccc21. The maximum Gasteiger partial charge on any atom is 0.335 e. The zero-order valence-corrected chi connectivity index (χ0v) is 45.6. The number of fused-ring (bicyclic) bond motifs is 2. The minimum absolute atomic E-state index is 0.0293. The van der Waals surface area contributed by atoms with Gasteiger partial charge in [0.15, 0.2) is 12.3 Å². The van der Waals surface area contributed by atoms with Gasteiger partial charge in [0.05, 0.1) is 99.2 Å². The molecule has 2 unspecified atom stereocenters. The fourth-order valence-electron chi connectivity index (χ4n) is 9.12. The van der Waals surface area contributed by atoms with Crippen molar-refractivity contribution >= 4 is 75.3 Å². The molecule has 2 atom stereocenters. The molecule has 424 valence electrons. The van der Waals surface area contributed by atoms with Gasteiger partial charge in [-0.15, -0.1) is 5.06 Å². The van der Waals surface area contributed by atoms with Crippen molar-refractivity contribution in [3.05, 3.63) is 71.5 Å². The Morgan fingerprint density at radius 1 is 0.658 bits per heavy atom. The van der Waals surface area contributed by atoms with Crippen LogP contribution >= 0.6 is 0 Å². The Morgan fingerprint density at radius 3 is 1.71 bits per heavy atom. The minimum atomic E-state index is -4.74. The maximum atomic E-state index is 12.5. The first kappa shape index (κ1) is 62.2. The lowest BCUT2D eigenvalue weighted by Crippen LogP contribution is -2.33. The van der Waals surface area contributed by atoms with E-state index in [9.17, 15) is 66.3 Å². The molecule has 1 saturated heterocycles. The van der Waals surface area contributed by atoms with Crippen LogP contribution < -0.4 is 4.90 Å². The van der Waals surface area contributed by atoms with Crippen LogP contribution in [0.3, 0.4) is 0 Å². The molecule has 76 heavy (non-hydrogen) atoms. The van der Waals surface area contributed by atoms with E-state index in [0.29, 0.717) is 52.2 Å². The summed E-state index contributed by atoms with van der Waals surface area (Å²) in [5, 5.41) is 0.453. The first-order valence-corrected chi connectivity index (χ1v) is 30.2. The number of rotatable bonds is 34. The van der Waals surface area contributed by atoms with Gasteiger partial charge in [-0.25, -0.2) is 4.79 Å². The summed E-state index contributed by atoms with van der Waals surface area (Å²) in [6.45, 7) is 5.60. The van der Waals surface area contributed by atoms with Crippen molar-refractivity contribution in [3.63, 3.8) is 0 Å². The Balaban J connectivity index is 1.44. The largest absolute Gasteiger partial charge is 0.382 e. The molecule has 4 N–H and O–H groups in total. The number of imide groups is 1. The highest BCUT2D eigenvalue weighted by molar-refractivity contribution is 7.86. The first-order valence-electron chi connectivity index (χ1n) is 24.1. The van der Waals surface area contributed by atoms with E-state index >= 15 is 0 Å². The smallest absolute Gasteiger partial charge is 0.335 e. The average Bonchev–Trinajstić information content (AvgIpc) is 3.85. The second-order valence-electron chi connectivity index (χ2n) is 18.2. The summed E-state index contributed by atoms with van der Waals surface area (Å²) in [6, 6.07) is 8.03. The number of carbonyl (C=O) groups excluding carboxylic acids is 3. The van der Waals surface area contributed by atoms with Gasteiger partial charge < -0.3 is 38.2 Å². The topological polar surface area (TPSA) is 343 Å². The molecule has 0 radical (unpaired) electrons. The molecule has 0 aromatic heterocycles. The van der Waals surface area contributed by atoms with Crippen LogP contribution in [0, 0.1) is 0 Å². The van der Waals surface area contributed by atoms with Gasteiger partial charge in [-0.1, -0.05) is 6.08 Å². The number of carbonyl (C=O) groups is 3. The van der Waals surface area contributed by atoms with E-state index in [1.807, 2.05) is 9.48 Å². The van der Waals surface area contributed by atoms with Gasteiger partial charge in [0.1, 0.15) is 6.61 Å². The quantitative estimate of drug-likeness (QED) is 0.0339. The number of benzene rings is 2. The van der Waals surface area contributed by atoms with Crippen LogP contribution in [0.25, 0.3) is 0 Å². The Labute approximate surface area is 442 Å². The Kier molecular flexibility index (Phi) is 22.4. The van der Waals surface area contributed by atoms with Crippen molar-refractivity contribution in [1.29, 1.82) is 0 Å². The van der Waals surface area contributed by atoms with E-state index < -0.39 is 90.4 Å². The number of hydrogen-bond acceptors (Lipinski definition) is 19. The average molecular weight is 1150 g/mol. The molecular weight excluding hydrogens is 1090 g/mol. The number of anilines is 1. The molecule has 0 saturated carbocycles. The van der Waals surface area contributed by atoms with Gasteiger partial charge in [0.2, 0.25) is 5.69 Å². The highest BCUT2D eigenvalue weighted by atomic mass is 32.2. The summed E-state index contributed by atoms with van der Waals surface area (Å²) in [5.74, 6) is -3.26. The standard InChI is InChI=1S/C47H65N3O22S4/c1-46(16-5-31-73(54,55)56)37-33-35(75(60,61)62)9-11-39(37)48(18-21-68-26-29-70-24-23-66-3)41(46)7-4-8-42-47(2,17-6-32-74(57,58)59)38-34-36(76(63,64)65)10-12-40(38)49(42)19-22-69-27-30-71-28-25-67-20-15-45(53)72-50-43(51)13-14-44(50)52/h4,7-12,33-34H,5-6,13-32H2,1-3H3,(H3-,54,55,56,57,58,59,60,61,62,63,64,65)/p+1. The third-order valence-electron chi connectivity index (χ3n) is 12.8. The van der Waals surface area contributed by atoms with Gasteiger partial charge in [-0.2, -0.15) is 38.2 Å². The number of hydroxylamine groups is 2. The van der Waals surface area contributed by atoms with Crippen LogP contribution in [0.4, 0.5) is 11.4 Å². The van der Waals surface area contributed by atoms with Crippen molar-refractivity contribution < 1.29 is 104 Å².